The summed E-state index contributed by atoms with van der Waals surface area (Å²) >= 11 is 5.74. The molecule has 3 amide bonds. The first-order valence-corrected chi connectivity index (χ1v) is 21.5. The van der Waals surface area contributed by atoms with Crippen LogP contribution in [0.1, 0.15) is 89.7 Å². The van der Waals surface area contributed by atoms with Crippen molar-refractivity contribution in [1.82, 2.24) is 16.0 Å². The van der Waals surface area contributed by atoms with E-state index in [-0.39, 0.29) is 34.9 Å². The molecule has 0 bridgehead atoms. The third kappa shape index (κ3) is 9.18. The number of amides is 3. The van der Waals surface area contributed by atoms with Crippen LogP contribution in [0.3, 0.4) is 0 Å². The van der Waals surface area contributed by atoms with Crippen molar-refractivity contribution < 1.29 is 23.8 Å². The number of carbonyl (C=O) groups is 2. The molecule has 0 fully saturated rings. The molecule has 0 saturated carbocycles. The van der Waals surface area contributed by atoms with Gasteiger partial charge in [-0.1, -0.05) is 31.2 Å². The molecule has 4 aromatic carbocycles. The van der Waals surface area contributed by atoms with Crippen LogP contribution in [0, 0.1) is 20.8 Å². The highest BCUT2D eigenvalue weighted by atomic mass is 32.2. The number of benzene rings is 2. The van der Waals surface area contributed by atoms with Gasteiger partial charge >= 0.3 is 6.03 Å². The van der Waals surface area contributed by atoms with E-state index in [4.69, 9.17) is 14.2 Å². The van der Waals surface area contributed by atoms with Gasteiger partial charge in [0.05, 0.1) is 38.3 Å². The highest BCUT2D eigenvalue weighted by Crippen LogP contribution is 2.46. The number of thiol groups is 1. The molecule has 0 aliphatic heterocycles. The molecule has 0 saturated heterocycles. The van der Waals surface area contributed by atoms with E-state index in [2.05, 4.69) is 48.5 Å². The van der Waals surface area contributed by atoms with E-state index in [1.807, 2.05) is 57.4 Å². The number of aryl methyl sites for hydroxylation is 3. The van der Waals surface area contributed by atoms with Crippen LogP contribution in [-0.4, -0.2) is 46.1 Å². The molecule has 10 nitrogen and oxygen atoms in total. The highest BCUT2D eigenvalue weighted by molar-refractivity contribution is 7.98. The maximum atomic E-state index is 12.8. The Morgan fingerprint density at radius 2 is 1.36 bits per heavy atom. The van der Waals surface area contributed by atoms with Gasteiger partial charge in [0.15, 0.2) is 22.4 Å². The summed E-state index contributed by atoms with van der Waals surface area (Å²) in [6.07, 6.45) is 5.25. The molecule has 0 spiro atoms. The Kier molecular flexibility index (Phi) is 15.0. The standard InChI is InChI=1S/C23H28N2O4S.C23H27NO3S/c1-5-24-23(27)25-18-9-7-14-10-20(28-3)22(29-4)13(2)21(14)16-8-6-15(12-30)19(26)11-17(16)18;1-6-21(26)24-18-9-7-15-11-13(2)14(3)23(27-4)22(15)16-8-10-20(28-5)19(25)12-17(16)18/h6,8,10-11,18,30H,5,7,9,12H2,1-4H3,(H2,24,25,27);8,10-12,18H,6-7,9H2,1-5H3,(H,24,26)/t2*18-/m00/s1. The molecule has 2 aliphatic rings. The van der Waals surface area contributed by atoms with Crippen molar-refractivity contribution in [1.29, 1.82) is 0 Å². The number of fused-ring (bicyclic) bond motifs is 6. The first-order valence-electron chi connectivity index (χ1n) is 19.6. The molecule has 2 atom stereocenters. The lowest BCUT2D eigenvalue weighted by atomic mass is 9.92. The van der Waals surface area contributed by atoms with Crippen LogP contribution in [0.5, 0.6) is 17.2 Å². The van der Waals surface area contributed by atoms with E-state index in [1.165, 1.54) is 22.9 Å². The van der Waals surface area contributed by atoms with Crippen LogP contribution < -0.4 is 41.0 Å². The molecule has 2 aliphatic carbocycles. The summed E-state index contributed by atoms with van der Waals surface area (Å²) in [6, 6.07) is 14.5. The van der Waals surface area contributed by atoms with Crippen molar-refractivity contribution in [2.24, 2.45) is 0 Å². The Labute approximate surface area is 351 Å². The van der Waals surface area contributed by atoms with Crippen molar-refractivity contribution in [3.63, 3.8) is 0 Å². The average molecular weight is 826 g/mol. The normalized spacial score (nSPS) is 15.0. The average Bonchev–Trinajstić information content (AvgIpc) is 3.60. The Bertz CT molecular complexity index is 2330. The van der Waals surface area contributed by atoms with E-state index in [0.29, 0.717) is 47.1 Å². The first kappa shape index (κ1) is 44.2. The number of hydrogen-bond donors (Lipinski definition) is 4. The number of carbonyl (C=O) groups excluding carboxylic acids is 2. The van der Waals surface area contributed by atoms with Gasteiger partial charge in [0.2, 0.25) is 5.91 Å². The fourth-order valence-corrected chi connectivity index (χ4v) is 8.75. The number of urea groups is 1. The minimum absolute atomic E-state index is 0.00900. The van der Waals surface area contributed by atoms with Crippen LogP contribution in [-0.2, 0) is 23.4 Å². The summed E-state index contributed by atoms with van der Waals surface area (Å²) in [6.45, 7) is 10.4. The summed E-state index contributed by atoms with van der Waals surface area (Å²) in [5, 5.41) is 8.93. The second-order valence-electron chi connectivity index (χ2n) is 14.4. The molecule has 308 valence electrons. The van der Waals surface area contributed by atoms with E-state index in [1.54, 1.807) is 33.5 Å². The fourth-order valence-electron chi connectivity index (χ4n) is 8.02. The minimum Gasteiger partial charge on any atom is -0.496 e. The zero-order chi connectivity index (χ0) is 42.3. The lowest BCUT2D eigenvalue weighted by Crippen LogP contribution is -2.38. The maximum Gasteiger partial charge on any atom is 0.315 e. The van der Waals surface area contributed by atoms with Gasteiger partial charge in [-0.05, 0) is 134 Å². The number of nitrogens with one attached hydrogen (secondary N) is 3. The topological polar surface area (TPSA) is 132 Å². The van der Waals surface area contributed by atoms with Gasteiger partial charge in [0, 0.05) is 35.4 Å². The fraction of sp³-hybridized carbons (Fsp3) is 0.391. The third-order valence-corrected chi connectivity index (χ3v) is 12.2. The molecule has 4 aromatic rings. The molecule has 12 heteroatoms. The Balaban J connectivity index is 0.000000221. The summed E-state index contributed by atoms with van der Waals surface area (Å²) < 4.78 is 17.0. The van der Waals surface area contributed by atoms with Gasteiger partial charge in [-0.25, -0.2) is 4.79 Å². The molecular weight excluding hydrogens is 771 g/mol. The molecule has 0 aromatic heterocycles. The van der Waals surface area contributed by atoms with Crippen LogP contribution in [0.25, 0.3) is 22.3 Å². The van der Waals surface area contributed by atoms with Gasteiger partial charge in [-0.15, -0.1) is 11.8 Å². The number of methoxy groups -OCH3 is 3. The van der Waals surface area contributed by atoms with Crippen molar-refractivity contribution >= 4 is 36.3 Å². The molecule has 0 heterocycles. The second-order valence-corrected chi connectivity index (χ2v) is 15.6. The van der Waals surface area contributed by atoms with Crippen LogP contribution in [0.2, 0.25) is 0 Å². The van der Waals surface area contributed by atoms with Gasteiger partial charge in [-0.2, -0.15) is 12.6 Å². The lowest BCUT2D eigenvalue weighted by Gasteiger charge is -2.19. The Morgan fingerprint density at radius 1 is 0.759 bits per heavy atom. The van der Waals surface area contributed by atoms with Crippen molar-refractivity contribution in [2.45, 2.75) is 89.5 Å². The van der Waals surface area contributed by atoms with Gasteiger partial charge in [0.25, 0.3) is 0 Å². The maximum absolute atomic E-state index is 12.8. The summed E-state index contributed by atoms with van der Waals surface area (Å²) in [5.41, 5.74) is 11.6. The van der Waals surface area contributed by atoms with Crippen molar-refractivity contribution in [3.05, 3.63) is 113 Å². The predicted molar refractivity (Wildman–Crippen MR) is 237 cm³/mol. The SMILES string of the molecule is CCC(=O)N[C@H]1CCc2cc(C)c(C)c(OC)c2-c2ccc(SC)c(=O)cc21.CCNC(=O)N[C@H]1CCc2cc(OC)c(OC)c(C)c2-c2ccc(CS)c(=O)cc21. The number of rotatable bonds is 9. The smallest absolute Gasteiger partial charge is 0.315 e. The molecule has 0 radical (unpaired) electrons. The van der Waals surface area contributed by atoms with Crippen LogP contribution in [0.15, 0.2) is 63.0 Å². The number of ether oxygens (including phenoxy) is 3. The highest BCUT2D eigenvalue weighted by Gasteiger charge is 2.29. The van der Waals surface area contributed by atoms with Crippen molar-refractivity contribution in [3.8, 4) is 39.5 Å². The zero-order valence-electron chi connectivity index (χ0n) is 34.9. The summed E-state index contributed by atoms with van der Waals surface area (Å²) in [5.74, 6) is 2.53. The number of hydrogen-bond acceptors (Lipinski definition) is 9. The third-order valence-electron chi connectivity index (χ3n) is 11.1. The van der Waals surface area contributed by atoms with Crippen LogP contribution >= 0.6 is 24.4 Å². The van der Waals surface area contributed by atoms with E-state index in [9.17, 15) is 19.2 Å². The summed E-state index contributed by atoms with van der Waals surface area (Å²) in [4.78, 5) is 50.7. The molecular formula is C46H55N3O7S2. The molecule has 58 heavy (non-hydrogen) atoms. The Morgan fingerprint density at radius 3 is 1.95 bits per heavy atom. The number of thioether (sulfide) groups is 1. The monoisotopic (exact) mass is 825 g/mol. The van der Waals surface area contributed by atoms with E-state index < -0.39 is 0 Å². The zero-order valence-corrected chi connectivity index (χ0v) is 36.6. The summed E-state index contributed by atoms with van der Waals surface area (Å²) in [7, 11) is 4.93. The molecule has 6 rings (SSSR count). The Hall–Kier alpha value is -4.94. The van der Waals surface area contributed by atoms with Gasteiger partial charge in [0.1, 0.15) is 5.75 Å². The molecule has 0 unspecified atom stereocenters. The van der Waals surface area contributed by atoms with Crippen molar-refractivity contribution in [2.75, 3.05) is 34.1 Å². The molecule has 3 N–H and O–H groups in total. The quantitative estimate of drug-likeness (QED) is 0.0979. The lowest BCUT2D eigenvalue weighted by molar-refractivity contribution is -0.121. The first-order chi connectivity index (χ1) is 27.8. The van der Waals surface area contributed by atoms with Gasteiger partial charge in [-0.3, -0.25) is 14.4 Å². The largest absolute Gasteiger partial charge is 0.496 e. The van der Waals surface area contributed by atoms with Gasteiger partial charge < -0.3 is 30.2 Å². The van der Waals surface area contributed by atoms with E-state index in [0.717, 1.165) is 75.1 Å². The van der Waals surface area contributed by atoms with Crippen LogP contribution in [0.4, 0.5) is 4.79 Å². The second kappa shape index (κ2) is 19.7. The predicted octanol–water partition coefficient (Wildman–Crippen LogP) is 8.35. The van der Waals surface area contributed by atoms with E-state index >= 15 is 0 Å². The minimum atomic E-state index is -0.303.